The van der Waals surface area contributed by atoms with Crippen LogP contribution >= 0.6 is 0 Å². The summed E-state index contributed by atoms with van der Waals surface area (Å²) in [6.45, 7) is 2.08. The summed E-state index contributed by atoms with van der Waals surface area (Å²) in [5, 5.41) is 1.88. The fraction of sp³-hybridized carbons (Fsp3) is 0.276. The molecule has 0 unspecified atom stereocenters. The first-order valence-corrected chi connectivity index (χ1v) is 11.8. The van der Waals surface area contributed by atoms with Gasteiger partial charge in [-0.2, -0.15) is 0 Å². The van der Waals surface area contributed by atoms with Gasteiger partial charge in [-0.1, -0.05) is 31.4 Å². The van der Waals surface area contributed by atoms with E-state index in [0.29, 0.717) is 22.8 Å². The molecular formula is C29H27FNO2+. The number of rotatable bonds is 3. The monoisotopic (exact) mass is 440 g/mol. The molecular weight excluding hydrogens is 413 g/mol. The van der Waals surface area contributed by atoms with Gasteiger partial charge < -0.3 is 8.83 Å². The fourth-order valence-corrected chi connectivity index (χ4v) is 5.40. The van der Waals surface area contributed by atoms with E-state index in [9.17, 15) is 0 Å². The predicted molar refractivity (Wildman–Crippen MR) is 129 cm³/mol. The number of halogens is 1. The van der Waals surface area contributed by atoms with Crippen LogP contribution in [0.25, 0.3) is 44.5 Å². The molecule has 1 aliphatic rings. The van der Waals surface area contributed by atoms with E-state index in [0.717, 1.165) is 51.8 Å². The molecule has 3 heterocycles. The van der Waals surface area contributed by atoms with Crippen LogP contribution in [0.3, 0.4) is 0 Å². The van der Waals surface area contributed by atoms with Crippen LogP contribution in [0.15, 0.2) is 69.6 Å². The van der Waals surface area contributed by atoms with Crippen molar-refractivity contribution in [2.75, 3.05) is 0 Å². The van der Waals surface area contributed by atoms with Crippen LogP contribution in [0.5, 0.6) is 0 Å². The summed E-state index contributed by atoms with van der Waals surface area (Å²) in [4.78, 5) is 0. The summed E-state index contributed by atoms with van der Waals surface area (Å²) in [6.07, 6.45) is 8.05. The van der Waals surface area contributed by atoms with E-state index in [-0.39, 0.29) is 5.82 Å². The predicted octanol–water partition coefficient (Wildman–Crippen LogP) is 7.83. The van der Waals surface area contributed by atoms with Crippen molar-refractivity contribution < 1.29 is 17.8 Å². The number of hydrogen-bond acceptors (Lipinski definition) is 2. The van der Waals surface area contributed by atoms with Crippen molar-refractivity contribution in [1.29, 1.82) is 0 Å². The second kappa shape index (κ2) is 7.87. The Morgan fingerprint density at radius 3 is 2.36 bits per heavy atom. The molecule has 3 nitrogen and oxygen atoms in total. The Hall–Kier alpha value is -3.40. The molecule has 6 rings (SSSR count). The highest BCUT2D eigenvalue weighted by Crippen LogP contribution is 2.43. The van der Waals surface area contributed by atoms with E-state index in [1.165, 1.54) is 25.3 Å². The van der Waals surface area contributed by atoms with Crippen molar-refractivity contribution in [2.24, 2.45) is 7.05 Å². The number of pyridine rings is 1. The summed E-state index contributed by atoms with van der Waals surface area (Å²) in [5.74, 6) is 1.61. The standard InChI is InChI=1S/C29H27FNO2/c1-18-11-12-20-21-13-14-22(30)27(25-16-15-24(32-25)19-8-4-3-5-9-19)29(21)33-28(20)26(18)23-10-6-7-17-31(23)2/h6-7,10-17,19H,3-5,8-9H2,1-2H3/q+1. The highest BCUT2D eigenvalue weighted by atomic mass is 19.1. The third kappa shape index (κ3) is 3.28. The molecule has 0 amide bonds. The SMILES string of the molecule is Cc1ccc2c(oc3c(-c4ccc(C5CCCCC5)o4)c(F)ccc32)c1-c1cccc[n+]1C. The average Bonchev–Trinajstić information content (AvgIpc) is 3.45. The second-order valence-corrected chi connectivity index (χ2v) is 9.27. The fourth-order valence-electron chi connectivity index (χ4n) is 5.40. The Labute approximate surface area is 192 Å². The number of fused-ring (bicyclic) bond motifs is 3. The minimum atomic E-state index is -0.324. The average molecular weight is 441 g/mol. The lowest BCUT2D eigenvalue weighted by Gasteiger charge is -2.19. The lowest BCUT2D eigenvalue weighted by atomic mass is 9.88. The van der Waals surface area contributed by atoms with Gasteiger partial charge in [0.1, 0.15) is 35.6 Å². The van der Waals surface area contributed by atoms with E-state index in [2.05, 4.69) is 29.7 Å². The first kappa shape index (κ1) is 20.2. The lowest BCUT2D eigenvalue weighted by Crippen LogP contribution is -2.30. The minimum absolute atomic E-state index is 0.324. The van der Waals surface area contributed by atoms with Gasteiger partial charge in [0.2, 0.25) is 5.69 Å². The topological polar surface area (TPSA) is 30.2 Å². The van der Waals surface area contributed by atoms with Crippen LogP contribution in [0.2, 0.25) is 0 Å². The molecule has 1 aliphatic carbocycles. The number of aryl methyl sites for hydroxylation is 2. The third-order valence-electron chi connectivity index (χ3n) is 7.16. The number of furan rings is 2. The van der Waals surface area contributed by atoms with Crippen molar-refractivity contribution in [2.45, 2.75) is 44.9 Å². The summed E-state index contributed by atoms with van der Waals surface area (Å²) in [6, 6.07) is 17.6. The molecule has 0 radical (unpaired) electrons. The maximum Gasteiger partial charge on any atom is 0.216 e. The summed E-state index contributed by atoms with van der Waals surface area (Å²) >= 11 is 0. The number of benzene rings is 2. The van der Waals surface area contributed by atoms with Crippen LogP contribution in [-0.2, 0) is 7.05 Å². The molecule has 0 bridgehead atoms. The van der Waals surface area contributed by atoms with Crippen LogP contribution in [0, 0.1) is 12.7 Å². The molecule has 1 fully saturated rings. The summed E-state index contributed by atoms with van der Waals surface area (Å²) in [7, 11) is 2.02. The van der Waals surface area contributed by atoms with Gasteiger partial charge in [0.15, 0.2) is 6.20 Å². The van der Waals surface area contributed by atoms with Crippen LogP contribution in [-0.4, -0.2) is 0 Å². The normalized spacial score (nSPS) is 15.0. The molecule has 3 aromatic heterocycles. The zero-order valence-electron chi connectivity index (χ0n) is 19.0. The quantitative estimate of drug-likeness (QED) is 0.268. The van der Waals surface area contributed by atoms with Gasteiger partial charge in [-0.05, 0) is 55.7 Å². The van der Waals surface area contributed by atoms with Crippen molar-refractivity contribution in [3.05, 3.63) is 77.9 Å². The first-order chi connectivity index (χ1) is 16.1. The zero-order valence-corrected chi connectivity index (χ0v) is 19.0. The van der Waals surface area contributed by atoms with E-state index in [1.807, 2.05) is 43.6 Å². The Morgan fingerprint density at radius 2 is 1.58 bits per heavy atom. The molecule has 33 heavy (non-hydrogen) atoms. The van der Waals surface area contributed by atoms with E-state index in [4.69, 9.17) is 8.83 Å². The molecule has 0 saturated heterocycles. The van der Waals surface area contributed by atoms with E-state index < -0.39 is 0 Å². The Bertz CT molecular complexity index is 1490. The van der Waals surface area contributed by atoms with Crippen LogP contribution in [0.4, 0.5) is 4.39 Å². The van der Waals surface area contributed by atoms with E-state index in [1.54, 1.807) is 0 Å². The highest BCUT2D eigenvalue weighted by molar-refractivity contribution is 6.12. The van der Waals surface area contributed by atoms with E-state index >= 15 is 4.39 Å². The number of nitrogens with zero attached hydrogens (tertiary/aromatic N) is 1. The third-order valence-corrected chi connectivity index (χ3v) is 7.16. The van der Waals surface area contributed by atoms with Crippen molar-refractivity contribution >= 4 is 21.9 Å². The minimum Gasteiger partial charge on any atom is -0.461 e. The molecule has 166 valence electrons. The van der Waals surface area contributed by atoms with Crippen LogP contribution in [0.1, 0.15) is 49.3 Å². The van der Waals surface area contributed by atoms with Gasteiger partial charge in [0, 0.05) is 28.8 Å². The Kier molecular flexibility index (Phi) is 4.83. The highest BCUT2D eigenvalue weighted by Gasteiger charge is 2.25. The Morgan fingerprint density at radius 1 is 0.818 bits per heavy atom. The summed E-state index contributed by atoms with van der Waals surface area (Å²) < 4.78 is 30.0. The molecule has 0 N–H and O–H groups in total. The van der Waals surface area contributed by atoms with Gasteiger partial charge in [-0.3, -0.25) is 0 Å². The van der Waals surface area contributed by atoms with Crippen LogP contribution < -0.4 is 4.57 Å². The van der Waals surface area contributed by atoms with Crippen molar-refractivity contribution in [3.8, 4) is 22.6 Å². The first-order valence-electron chi connectivity index (χ1n) is 11.8. The Balaban J connectivity index is 1.57. The second-order valence-electron chi connectivity index (χ2n) is 9.27. The van der Waals surface area contributed by atoms with Gasteiger partial charge in [-0.25, -0.2) is 8.96 Å². The van der Waals surface area contributed by atoms with Gasteiger partial charge >= 0.3 is 0 Å². The molecule has 0 spiro atoms. The largest absolute Gasteiger partial charge is 0.461 e. The molecule has 1 saturated carbocycles. The van der Waals surface area contributed by atoms with Gasteiger partial charge in [-0.15, -0.1) is 0 Å². The lowest BCUT2D eigenvalue weighted by molar-refractivity contribution is -0.660. The molecule has 5 aromatic rings. The molecule has 2 aromatic carbocycles. The molecule has 0 atom stereocenters. The number of hydrogen-bond donors (Lipinski definition) is 0. The molecule has 0 aliphatic heterocycles. The number of aromatic nitrogens is 1. The summed E-state index contributed by atoms with van der Waals surface area (Å²) in [5.41, 5.74) is 4.92. The van der Waals surface area contributed by atoms with Gasteiger partial charge in [0.25, 0.3) is 0 Å². The van der Waals surface area contributed by atoms with Crippen molar-refractivity contribution in [1.82, 2.24) is 0 Å². The molecule has 4 heteroatoms. The van der Waals surface area contributed by atoms with Crippen molar-refractivity contribution in [3.63, 3.8) is 0 Å². The maximum absolute atomic E-state index is 15.2. The maximum atomic E-state index is 15.2. The smallest absolute Gasteiger partial charge is 0.216 e. The zero-order chi connectivity index (χ0) is 22.5. The van der Waals surface area contributed by atoms with Gasteiger partial charge in [0.05, 0.1) is 11.1 Å².